The summed E-state index contributed by atoms with van der Waals surface area (Å²) in [5.74, 6) is -5.63. The molecule has 1 saturated heterocycles. The van der Waals surface area contributed by atoms with Gasteiger partial charge in [-0.05, 0) is 49.7 Å². The fraction of sp³-hybridized carbons (Fsp3) is 0.360. The Bertz CT molecular complexity index is 1220. The van der Waals surface area contributed by atoms with E-state index in [4.69, 9.17) is 9.47 Å². The predicted octanol–water partition coefficient (Wildman–Crippen LogP) is 2.16. The van der Waals surface area contributed by atoms with Crippen molar-refractivity contribution in [1.82, 2.24) is 5.43 Å². The van der Waals surface area contributed by atoms with E-state index in [0.29, 0.717) is 11.4 Å². The first-order chi connectivity index (χ1) is 18.1. The van der Waals surface area contributed by atoms with Crippen molar-refractivity contribution in [3.8, 4) is 5.75 Å². The monoisotopic (exact) mass is 528 g/mol. The van der Waals surface area contributed by atoms with Crippen LogP contribution in [0, 0.1) is 21.4 Å². The Morgan fingerprint density at radius 1 is 1.16 bits per heavy atom. The second-order valence-electron chi connectivity index (χ2n) is 8.48. The first-order valence-corrected chi connectivity index (χ1v) is 11.8. The summed E-state index contributed by atoms with van der Waals surface area (Å²) >= 11 is 0. The van der Waals surface area contributed by atoms with Gasteiger partial charge in [0.25, 0.3) is 11.6 Å². The lowest BCUT2D eigenvalue weighted by atomic mass is 9.63. The minimum absolute atomic E-state index is 0.0942. The molecule has 0 spiro atoms. The second-order valence-corrected chi connectivity index (χ2v) is 8.48. The topological polar surface area (TPSA) is 177 Å². The Labute approximate surface area is 217 Å². The van der Waals surface area contributed by atoms with Crippen LogP contribution in [0.1, 0.15) is 20.3 Å². The normalized spacial score (nSPS) is 20.0. The number of anilines is 2. The number of aliphatic carboxylic acids is 1. The van der Waals surface area contributed by atoms with Gasteiger partial charge >= 0.3 is 11.9 Å². The van der Waals surface area contributed by atoms with Crippen molar-refractivity contribution in [2.75, 3.05) is 30.6 Å². The zero-order valence-corrected chi connectivity index (χ0v) is 21.0. The molecule has 1 heterocycles. The van der Waals surface area contributed by atoms with Gasteiger partial charge in [0, 0.05) is 36.0 Å². The van der Waals surface area contributed by atoms with E-state index in [2.05, 4.69) is 10.9 Å². The third-order valence-electron chi connectivity index (χ3n) is 6.51. The van der Waals surface area contributed by atoms with Crippen LogP contribution in [0.15, 0.2) is 48.5 Å². The fourth-order valence-electron chi connectivity index (χ4n) is 4.54. The molecule has 1 fully saturated rings. The number of rotatable bonds is 11. The molecule has 3 rings (SSSR count). The highest BCUT2D eigenvalue weighted by Crippen LogP contribution is 2.42. The number of carbonyl (C=O) groups excluding carboxylic acids is 3. The summed E-state index contributed by atoms with van der Waals surface area (Å²) < 4.78 is 10.2. The highest BCUT2D eigenvalue weighted by atomic mass is 16.6. The molecule has 1 amide bonds. The molecule has 0 aromatic heterocycles. The lowest BCUT2D eigenvalue weighted by Crippen LogP contribution is -2.70. The van der Waals surface area contributed by atoms with Crippen LogP contribution < -0.4 is 20.5 Å². The number of nitrogens with zero attached hydrogens (tertiary/aromatic N) is 2. The molecular weight excluding hydrogens is 500 g/mol. The molecule has 0 saturated carbocycles. The van der Waals surface area contributed by atoms with Crippen LogP contribution in [-0.2, 0) is 23.9 Å². The SMILES string of the molecule is CCOC(=O)C(NNc1ccc(OC)cc1)C1(C(=O)O)C(=O)C(=O)N(c2ccc([N+](=O)[O-])cc2)CC1CC. The van der Waals surface area contributed by atoms with Gasteiger partial charge in [0.2, 0.25) is 5.78 Å². The lowest BCUT2D eigenvalue weighted by molar-refractivity contribution is -0.384. The summed E-state index contributed by atoms with van der Waals surface area (Å²) in [5, 5.41) is 21.4. The Hall–Kier alpha value is -4.52. The van der Waals surface area contributed by atoms with Crippen LogP contribution in [0.25, 0.3) is 0 Å². The number of amides is 1. The number of benzene rings is 2. The number of piperidine rings is 1. The van der Waals surface area contributed by atoms with Gasteiger partial charge in [-0.25, -0.2) is 5.43 Å². The maximum Gasteiger partial charge on any atom is 0.326 e. The van der Waals surface area contributed by atoms with Gasteiger partial charge in [0.05, 0.1) is 18.6 Å². The van der Waals surface area contributed by atoms with Crippen LogP contribution in [0.4, 0.5) is 17.1 Å². The van der Waals surface area contributed by atoms with E-state index < -0.39 is 45.9 Å². The van der Waals surface area contributed by atoms with Crippen molar-refractivity contribution in [3.05, 3.63) is 58.6 Å². The van der Waals surface area contributed by atoms with E-state index in [1.54, 1.807) is 31.2 Å². The van der Waals surface area contributed by atoms with E-state index in [1.807, 2.05) is 0 Å². The third kappa shape index (κ3) is 5.13. The number of esters is 1. The zero-order valence-electron chi connectivity index (χ0n) is 21.0. The van der Waals surface area contributed by atoms with Crippen molar-refractivity contribution in [3.63, 3.8) is 0 Å². The van der Waals surface area contributed by atoms with Crippen LogP contribution in [0.3, 0.4) is 0 Å². The molecule has 3 atom stereocenters. The first kappa shape index (κ1) is 28.1. The highest BCUT2D eigenvalue weighted by Gasteiger charge is 2.65. The average Bonchev–Trinajstić information content (AvgIpc) is 2.91. The van der Waals surface area contributed by atoms with Crippen LogP contribution >= 0.6 is 0 Å². The van der Waals surface area contributed by atoms with E-state index >= 15 is 0 Å². The number of carboxylic acid groups (broad SMARTS) is 1. The van der Waals surface area contributed by atoms with Gasteiger partial charge in [-0.1, -0.05) is 6.92 Å². The number of ketones is 1. The minimum atomic E-state index is -2.51. The molecule has 1 aliphatic heterocycles. The largest absolute Gasteiger partial charge is 0.497 e. The van der Waals surface area contributed by atoms with Crippen molar-refractivity contribution in [1.29, 1.82) is 0 Å². The zero-order chi connectivity index (χ0) is 28.0. The Kier molecular flexibility index (Phi) is 8.63. The molecule has 38 heavy (non-hydrogen) atoms. The summed E-state index contributed by atoms with van der Waals surface area (Å²) in [7, 11) is 1.49. The van der Waals surface area contributed by atoms with Gasteiger partial charge in [-0.2, -0.15) is 0 Å². The van der Waals surface area contributed by atoms with Crippen LogP contribution in [0.5, 0.6) is 5.75 Å². The van der Waals surface area contributed by atoms with Gasteiger partial charge in [-0.15, -0.1) is 0 Å². The maximum atomic E-state index is 13.7. The summed E-state index contributed by atoms with van der Waals surface area (Å²) in [6.07, 6.45) is 0.106. The number of nitrogens with one attached hydrogen (secondary N) is 2. The van der Waals surface area contributed by atoms with E-state index in [-0.39, 0.29) is 30.9 Å². The number of nitro groups is 1. The molecule has 13 nitrogen and oxygen atoms in total. The number of hydrogen-bond acceptors (Lipinski definition) is 10. The quantitative estimate of drug-likeness (QED) is 0.128. The molecule has 2 aromatic carbocycles. The molecule has 202 valence electrons. The minimum Gasteiger partial charge on any atom is -0.497 e. The van der Waals surface area contributed by atoms with Crippen LogP contribution in [0.2, 0.25) is 0 Å². The summed E-state index contributed by atoms with van der Waals surface area (Å²) in [6, 6.07) is 9.63. The molecule has 3 N–H and O–H groups in total. The molecule has 13 heteroatoms. The van der Waals surface area contributed by atoms with E-state index in [1.165, 1.54) is 38.3 Å². The van der Waals surface area contributed by atoms with Gasteiger partial charge < -0.3 is 24.9 Å². The summed E-state index contributed by atoms with van der Waals surface area (Å²) in [5.41, 5.74) is 3.26. The smallest absolute Gasteiger partial charge is 0.326 e. The number of ether oxygens (including phenoxy) is 2. The van der Waals surface area contributed by atoms with Gasteiger partial charge in [-0.3, -0.25) is 29.3 Å². The number of hydrazine groups is 1. The molecule has 0 bridgehead atoms. The lowest BCUT2D eigenvalue weighted by Gasteiger charge is -2.45. The van der Waals surface area contributed by atoms with Gasteiger partial charge in [0.15, 0.2) is 5.41 Å². The molecule has 2 aromatic rings. The summed E-state index contributed by atoms with van der Waals surface area (Å²) in [4.78, 5) is 64.4. The molecule has 1 aliphatic rings. The van der Waals surface area contributed by atoms with E-state index in [0.717, 1.165) is 4.90 Å². The Balaban J connectivity index is 2.03. The van der Waals surface area contributed by atoms with Crippen LogP contribution in [-0.4, -0.2) is 60.0 Å². The first-order valence-electron chi connectivity index (χ1n) is 11.8. The molecular formula is C25H28N4O9. The highest BCUT2D eigenvalue weighted by molar-refractivity contribution is 6.47. The Morgan fingerprint density at radius 2 is 1.79 bits per heavy atom. The Morgan fingerprint density at radius 3 is 2.29 bits per heavy atom. The number of Topliss-reactive ketones (excluding diaryl/α,β-unsaturated/α-hetero) is 1. The van der Waals surface area contributed by atoms with Crippen molar-refractivity contribution in [2.45, 2.75) is 26.3 Å². The summed E-state index contributed by atoms with van der Waals surface area (Å²) in [6.45, 7) is 2.84. The number of non-ortho nitro benzene ring substituents is 1. The number of carboxylic acids is 1. The molecule has 3 unspecified atom stereocenters. The fourth-order valence-corrected chi connectivity index (χ4v) is 4.54. The second kappa shape index (κ2) is 11.7. The number of nitro benzene ring substituents is 1. The number of methoxy groups -OCH3 is 1. The molecule has 0 radical (unpaired) electrons. The molecule has 0 aliphatic carbocycles. The van der Waals surface area contributed by atoms with E-state index in [9.17, 15) is 34.4 Å². The predicted molar refractivity (Wildman–Crippen MR) is 134 cm³/mol. The number of carbonyl (C=O) groups is 4. The van der Waals surface area contributed by atoms with Crippen molar-refractivity contribution in [2.24, 2.45) is 11.3 Å². The van der Waals surface area contributed by atoms with Crippen molar-refractivity contribution >= 4 is 40.7 Å². The standard InChI is InChI=1S/C25H28N4O9/c1-4-15-14-28(17-8-10-18(11-9-17)29(35)36)22(31)21(30)25(15,24(33)34)20(23(32)38-5-2)27-26-16-6-12-19(37-3)13-7-16/h6-13,15,20,26-27H,4-5,14H2,1-3H3,(H,33,34). The maximum absolute atomic E-state index is 13.7. The van der Waals surface area contributed by atoms with Gasteiger partial charge in [0.1, 0.15) is 11.8 Å². The third-order valence-corrected chi connectivity index (χ3v) is 6.51. The average molecular weight is 529 g/mol. The number of hydrogen-bond donors (Lipinski definition) is 3. The van der Waals surface area contributed by atoms with Crippen molar-refractivity contribution < 1.29 is 38.7 Å².